The van der Waals surface area contributed by atoms with E-state index in [2.05, 4.69) is 38.0 Å². The zero-order chi connectivity index (χ0) is 23.2. The highest BCUT2D eigenvalue weighted by Gasteiger charge is 2.42. The standard InChI is InChI=1S/C25H32N4O2S/c1-14(2)13-32-24-27-22-21(23(31)28-24)19(15-7-9-16(10-8-15)29(5)6)20-17(26-22)11-25(3,4)12-18(20)30/h7-10,14,19H,11-13H2,1-6H3,(H2,26,27,28,31). The van der Waals surface area contributed by atoms with Crippen molar-refractivity contribution in [3.05, 3.63) is 57.0 Å². The van der Waals surface area contributed by atoms with Crippen molar-refractivity contribution in [3.63, 3.8) is 0 Å². The van der Waals surface area contributed by atoms with Crippen LogP contribution in [-0.4, -0.2) is 35.6 Å². The van der Waals surface area contributed by atoms with Crippen LogP contribution in [0, 0.1) is 11.3 Å². The summed E-state index contributed by atoms with van der Waals surface area (Å²) >= 11 is 1.55. The third-order valence-electron chi connectivity index (χ3n) is 6.00. The lowest BCUT2D eigenvalue weighted by Crippen LogP contribution is -2.37. The lowest BCUT2D eigenvalue weighted by Gasteiger charge is -2.38. The Kier molecular flexibility index (Phi) is 5.96. The number of benzene rings is 1. The van der Waals surface area contributed by atoms with Crippen molar-refractivity contribution in [1.29, 1.82) is 0 Å². The summed E-state index contributed by atoms with van der Waals surface area (Å²) in [5.74, 6) is 1.63. The van der Waals surface area contributed by atoms with Gasteiger partial charge in [0.2, 0.25) is 0 Å². The molecule has 7 heteroatoms. The Morgan fingerprint density at radius 3 is 2.47 bits per heavy atom. The van der Waals surface area contributed by atoms with Gasteiger partial charge in [-0.2, -0.15) is 0 Å². The SMILES string of the molecule is CC(C)CSc1nc2c(c(=O)[nH]1)C(c1ccc(N(C)C)cc1)C1=C(CC(C)(C)CC1=O)N2. The first kappa shape index (κ1) is 22.6. The lowest BCUT2D eigenvalue weighted by atomic mass is 9.69. The van der Waals surface area contributed by atoms with Crippen molar-refractivity contribution in [3.8, 4) is 0 Å². The first-order valence-corrected chi connectivity index (χ1v) is 12.1. The first-order chi connectivity index (χ1) is 15.1. The van der Waals surface area contributed by atoms with E-state index in [0.29, 0.717) is 34.4 Å². The molecule has 0 spiro atoms. The second kappa shape index (κ2) is 8.43. The van der Waals surface area contributed by atoms with Crippen LogP contribution in [0.4, 0.5) is 11.5 Å². The zero-order valence-electron chi connectivity index (χ0n) is 19.7. The van der Waals surface area contributed by atoms with Crippen LogP contribution >= 0.6 is 11.8 Å². The van der Waals surface area contributed by atoms with Gasteiger partial charge < -0.3 is 15.2 Å². The third kappa shape index (κ3) is 4.35. The fourth-order valence-corrected chi connectivity index (χ4v) is 5.32. The van der Waals surface area contributed by atoms with Gasteiger partial charge in [-0.15, -0.1) is 0 Å². The number of carbonyl (C=O) groups is 1. The molecular weight excluding hydrogens is 420 g/mol. The Bertz CT molecular complexity index is 1130. The van der Waals surface area contributed by atoms with Crippen LogP contribution in [0.15, 0.2) is 45.5 Å². The highest BCUT2D eigenvalue weighted by atomic mass is 32.2. The van der Waals surface area contributed by atoms with Gasteiger partial charge >= 0.3 is 0 Å². The predicted octanol–water partition coefficient (Wildman–Crippen LogP) is 4.78. The summed E-state index contributed by atoms with van der Waals surface area (Å²) < 4.78 is 0. The Morgan fingerprint density at radius 2 is 1.84 bits per heavy atom. The molecule has 1 aliphatic carbocycles. The number of aromatic amines is 1. The van der Waals surface area contributed by atoms with Gasteiger partial charge in [0.25, 0.3) is 5.56 Å². The number of nitrogens with zero attached hydrogens (tertiary/aromatic N) is 2. The van der Waals surface area contributed by atoms with E-state index >= 15 is 0 Å². The van der Waals surface area contributed by atoms with Crippen molar-refractivity contribution >= 4 is 29.1 Å². The maximum Gasteiger partial charge on any atom is 0.257 e. The molecule has 0 fully saturated rings. The molecule has 1 unspecified atom stereocenters. The molecule has 32 heavy (non-hydrogen) atoms. The van der Waals surface area contributed by atoms with E-state index in [1.165, 1.54) is 0 Å². The number of anilines is 2. The third-order valence-corrected chi connectivity index (χ3v) is 7.30. The first-order valence-electron chi connectivity index (χ1n) is 11.1. The fourth-order valence-electron chi connectivity index (χ4n) is 4.51. The Balaban J connectivity index is 1.86. The summed E-state index contributed by atoms with van der Waals surface area (Å²) in [6, 6.07) is 8.10. The minimum atomic E-state index is -0.415. The van der Waals surface area contributed by atoms with Gasteiger partial charge in [-0.1, -0.05) is 51.6 Å². The number of hydrogen-bond acceptors (Lipinski definition) is 6. The van der Waals surface area contributed by atoms with Crippen molar-refractivity contribution in [2.45, 2.75) is 51.6 Å². The Labute approximate surface area is 193 Å². The van der Waals surface area contributed by atoms with Gasteiger partial charge in [0.15, 0.2) is 10.9 Å². The van der Waals surface area contributed by atoms with Crippen molar-refractivity contribution in [1.82, 2.24) is 9.97 Å². The number of carbonyl (C=O) groups excluding carboxylic acids is 1. The molecule has 0 saturated carbocycles. The highest BCUT2D eigenvalue weighted by Crippen LogP contribution is 2.47. The summed E-state index contributed by atoms with van der Waals surface area (Å²) in [6.07, 6.45) is 1.23. The van der Waals surface area contributed by atoms with E-state index in [0.717, 1.165) is 29.1 Å². The van der Waals surface area contributed by atoms with Gasteiger partial charge in [0, 0.05) is 49.1 Å². The van der Waals surface area contributed by atoms with E-state index in [1.807, 2.05) is 43.3 Å². The number of aromatic nitrogens is 2. The second-order valence-electron chi connectivity index (χ2n) is 10.2. The average Bonchev–Trinajstić information content (AvgIpc) is 2.69. The predicted molar refractivity (Wildman–Crippen MR) is 132 cm³/mol. The molecule has 170 valence electrons. The normalized spacial score (nSPS) is 19.5. The number of allylic oxidation sites excluding steroid dienone is 2. The van der Waals surface area contributed by atoms with E-state index in [4.69, 9.17) is 4.98 Å². The van der Waals surface area contributed by atoms with E-state index in [1.54, 1.807) is 11.8 Å². The van der Waals surface area contributed by atoms with Gasteiger partial charge in [-0.25, -0.2) is 4.98 Å². The van der Waals surface area contributed by atoms with Crippen LogP contribution in [0.3, 0.4) is 0 Å². The molecule has 2 aromatic rings. The molecule has 0 amide bonds. The van der Waals surface area contributed by atoms with E-state index in [-0.39, 0.29) is 16.8 Å². The molecule has 0 radical (unpaired) electrons. The summed E-state index contributed by atoms with van der Waals surface area (Å²) in [5.41, 5.74) is 3.84. The zero-order valence-corrected chi connectivity index (χ0v) is 20.5. The monoisotopic (exact) mass is 452 g/mol. The molecule has 2 N–H and O–H groups in total. The van der Waals surface area contributed by atoms with Crippen LogP contribution in [0.2, 0.25) is 0 Å². The van der Waals surface area contributed by atoms with Gasteiger partial charge in [-0.05, 0) is 35.4 Å². The number of hydrogen-bond donors (Lipinski definition) is 2. The second-order valence-corrected chi connectivity index (χ2v) is 11.2. The van der Waals surface area contributed by atoms with Gasteiger partial charge in [-0.3, -0.25) is 9.59 Å². The molecule has 1 aromatic heterocycles. The number of ketones is 1. The molecule has 1 aliphatic heterocycles. The highest BCUT2D eigenvalue weighted by molar-refractivity contribution is 7.99. The van der Waals surface area contributed by atoms with Crippen LogP contribution < -0.4 is 15.8 Å². The maximum absolute atomic E-state index is 13.3. The van der Waals surface area contributed by atoms with Crippen LogP contribution in [0.25, 0.3) is 0 Å². The minimum Gasteiger partial charge on any atom is -0.378 e. The van der Waals surface area contributed by atoms with Gasteiger partial charge in [0.1, 0.15) is 5.82 Å². The van der Waals surface area contributed by atoms with Crippen LogP contribution in [-0.2, 0) is 4.79 Å². The smallest absolute Gasteiger partial charge is 0.257 e. The average molecular weight is 453 g/mol. The topological polar surface area (TPSA) is 78.1 Å². The van der Waals surface area contributed by atoms with Crippen LogP contribution in [0.5, 0.6) is 0 Å². The van der Waals surface area contributed by atoms with Crippen molar-refractivity contribution in [2.75, 3.05) is 30.1 Å². The van der Waals surface area contributed by atoms with Crippen molar-refractivity contribution in [2.24, 2.45) is 11.3 Å². The number of H-pyrrole nitrogens is 1. The number of nitrogens with one attached hydrogen (secondary N) is 2. The molecule has 0 saturated heterocycles. The summed E-state index contributed by atoms with van der Waals surface area (Å²) in [5, 5.41) is 4.00. The molecule has 2 aliphatic rings. The summed E-state index contributed by atoms with van der Waals surface area (Å²) in [7, 11) is 3.99. The van der Waals surface area contributed by atoms with Crippen LogP contribution in [0.1, 0.15) is 57.6 Å². The van der Waals surface area contributed by atoms with Gasteiger partial charge in [0.05, 0.1) is 5.56 Å². The van der Waals surface area contributed by atoms with Crippen molar-refractivity contribution < 1.29 is 4.79 Å². The number of rotatable bonds is 5. The Hall–Kier alpha value is -2.54. The molecule has 1 atom stereocenters. The lowest BCUT2D eigenvalue weighted by molar-refractivity contribution is -0.118. The van der Waals surface area contributed by atoms with E-state index < -0.39 is 5.92 Å². The number of thioether (sulfide) groups is 1. The minimum absolute atomic E-state index is 0.105. The molecular formula is C25H32N4O2S. The largest absolute Gasteiger partial charge is 0.378 e. The molecule has 2 heterocycles. The van der Waals surface area contributed by atoms with E-state index in [9.17, 15) is 9.59 Å². The fraction of sp³-hybridized carbons (Fsp3) is 0.480. The molecule has 1 aromatic carbocycles. The molecule has 6 nitrogen and oxygen atoms in total. The molecule has 4 rings (SSSR count). The number of Topliss-reactive ketones (excluding diaryl/α,β-unsaturated/α-hetero) is 1. The summed E-state index contributed by atoms with van der Waals surface area (Å²) in [4.78, 5) is 36.4. The maximum atomic E-state index is 13.3. The quantitative estimate of drug-likeness (QED) is 0.502. The summed E-state index contributed by atoms with van der Waals surface area (Å²) in [6.45, 7) is 8.51. The molecule has 0 bridgehead atoms. The number of fused-ring (bicyclic) bond motifs is 1. The Morgan fingerprint density at radius 1 is 1.16 bits per heavy atom.